The van der Waals surface area contributed by atoms with E-state index >= 15 is 0 Å². The van der Waals surface area contributed by atoms with Crippen molar-refractivity contribution in [1.29, 1.82) is 0 Å². The molecule has 0 unspecified atom stereocenters. The first kappa shape index (κ1) is 14.6. The molecule has 2 rings (SSSR count). The molecule has 0 aliphatic heterocycles. The van der Waals surface area contributed by atoms with Gasteiger partial charge in [-0.05, 0) is 5.56 Å². The Hall–Kier alpha value is -1.79. The molecule has 2 aromatic rings. The molecule has 1 amide bonds. The van der Waals surface area contributed by atoms with Gasteiger partial charge in [0.25, 0.3) is 0 Å². The number of benzene rings is 1. The number of aliphatic hydroxyl groups is 1. The van der Waals surface area contributed by atoms with Crippen molar-refractivity contribution >= 4 is 17.7 Å². The summed E-state index contributed by atoms with van der Waals surface area (Å²) in [5, 5.41) is 12.6. The highest BCUT2D eigenvalue weighted by Crippen LogP contribution is 2.23. The highest BCUT2D eigenvalue weighted by atomic mass is 32.2. The molecule has 0 saturated carbocycles. The fraction of sp³-hybridized carbons (Fsp3) is 0.286. The average Bonchev–Trinajstić information content (AvgIpc) is 2.88. The predicted octanol–water partition coefficient (Wildman–Crippen LogP) is 1.41. The maximum atomic E-state index is 11.5. The zero-order valence-electron chi connectivity index (χ0n) is 11.2. The summed E-state index contributed by atoms with van der Waals surface area (Å²) in [5.41, 5.74) is 1.83. The molecule has 1 aromatic carbocycles. The van der Waals surface area contributed by atoms with E-state index in [1.807, 2.05) is 30.3 Å². The zero-order chi connectivity index (χ0) is 14.4. The van der Waals surface area contributed by atoms with E-state index in [9.17, 15) is 9.90 Å². The van der Waals surface area contributed by atoms with Crippen LogP contribution in [0.2, 0.25) is 0 Å². The van der Waals surface area contributed by atoms with Crippen molar-refractivity contribution in [3.63, 3.8) is 0 Å². The summed E-state index contributed by atoms with van der Waals surface area (Å²) in [5.74, 6) is 0.662. The van der Waals surface area contributed by atoms with Gasteiger partial charge in [-0.1, -0.05) is 42.1 Å². The summed E-state index contributed by atoms with van der Waals surface area (Å²) in [6.07, 6.45) is 1.61. The number of imidazole rings is 1. The number of thioether (sulfide) groups is 1. The van der Waals surface area contributed by atoms with E-state index in [-0.39, 0.29) is 19.1 Å². The number of amides is 1. The summed E-state index contributed by atoms with van der Waals surface area (Å²) < 4.78 is 1.74. The number of carbonyl (C=O) groups is 1. The van der Waals surface area contributed by atoms with Crippen molar-refractivity contribution in [2.24, 2.45) is 0 Å². The number of carbonyl (C=O) groups excluding carboxylic acids is 1. The molecule has 0 radical (unpaired) electrons. The third kappa shape index (κ3) is 3.61. The fourth-order valence-electron chi connectivity index (χ4n) is 1.75. The van der Waals surface area contributed by atoms with Gasteiger partial charge in [0.2, 0.25) is 5.91 Å². The fourth-order valence-corrected chi connectivity index (χ4v) is 2.70. The molecule has 0 bridgehead atoms. The Balaban J connectivity index is 2.11. The van der Waals surface area contributed by atoms with Crippen molar-refractivity contribution in [2.45, 2.75) is 24.1 Å². The average molecular weight is 291 g/mol. The van der Waals surface area contributed by atoms with E-state index < -0.39 is 0 Å². The molecule has 2 N–H and O–H groups in total. The summed E-state index contributed by atoms with van der Waals surface area (Å²) in [6.45, 7) is 0.0411. The Morgan fingerprint density at radius 3 is 2.80 bits per heavy atom. The number of hydrogen-bond acceptors (Lipinski definition) is 4. The van der Waals surface area contributed by atoms with Gasteiger partial charge < -0.3 is 15.0 Å². The molecule has 1 aromatic heterocycles. The van der Waals surface area contributed by atoms with Gasteiger partial charge in [0.05, 0.1) is 18.5 Å². The van der Waals surface area contributed by atoms with Gasteiger partial charge in [-0.3, -0.25) is 4.79 Å². The molecule has 0 atom stereocenters. The molecular weight excluding hydrogens is 274 g/mol. The first-order valence-electron chi connectivity index (χ1n) is 6.27. The molecule has 0 saturated heterocycles. The number of rotatable bonds is 6. The monoisotopic (exact) mass is 291 g/mol. The third-order valence-electron chi connectivity index (χ3n) is 2.85. The zero-order valence-corrected chi connectivity index (χ0v) is 12.1. The minimum Gasteiger partial charge on any atom is -0.390 e. The van der Waals surface area contributed by atoms with Gasteiger partial charge in [0.15, 0.2) is 5.16 Å². The summed E-state index contributed by atoms with van der Waals surface area (Å²) in [7, 11) is 1.59. The van der Waals surface area contributed by atoms with Crippen LogP contribution in [-0.4, -0.2) is 27.6 Å². The van der Waals surface area contributed by atoms with Crippen molar-refractivity contribution < 1.29 is 9.90 Å². The molecule has 20 heavy (non-hydrogen) atoms. The van der Waals surface area contributed by atoms with Crippen LogP contribution in [0.15, 0.2) is 41.7 Å². The molecular formula is C14H17N3O2S. The van der Waals surface area contributed by atoms with Crippen LogP contribution in [0.5, 0.6) is 0 Å². The molecule has 0 spiro atoms. The first-order chi connectivity index (χ1) is 9.74. The third-order valence-corrected chi connectivity index (χ3v) is 3.92. The lowest BCUT2D eigenvalue weighted by Crippen LogP contribution is -2.24. The van der Waals surface area contributed by atoms with Gasteiger partial charge in [0.1, 0.15) is 6.54 Å². The maximum Gasteiger partial charge on any atom is 0.239 e. The number of aliphatic hydroxyl groups excluding tert-OH is 1. The van der Waals surface area contributed by atoms with Gasteiger partial charge in [-0.15, -0.1) is 0 Å². The van der Waals surface area contributed by atoms with Crippen molar-refractivity contribution in [3.05, 3.63) is 47.8 Å². The molecule has 6 heteroatoms. The van der Waals surface area contributed by atoms with Crippen molar-refractivity contribution in [2.75, 3.05) is 7.05 Å². The largest absolute Gasteiger partial charge is 0.390 e. The van der Waals surface area contributed by atoms with Crippen LogP contribution in [0.3, 0.4) is 0 Å². The second kappa shape index (κ2) is 7.12. The standard InChI is InChI=1S/C14H17N3O2S/c1-15-13(19)8-17-12(9-18)7-16-14(17)20-10-11-5-3-2-4-6-11/h2-7,18H,8-10H2,1H3,(H,15,19). The quantitative estimate of drug-likeness (QED) is 0.790. The summed E-state index contributed by atoms with van der Waals surface area (Å²) in [4.78, 5) is 15.8. The van der Waals surface area contributed by atoms with Crippen LogP contribution in [0.4, 0.5) is 0 Å². The second-order valence-corrected chi connectivity index (χ2v) is 5.17. The molecule has 0 fully saturated rings. The molecule has 106 valence electrons. The van der Waals surface area contributed by atoms with Crippen LogP contribution in [0.1, 0.15) is 11.3 Å². The predicted molar refractivity (Wildman–Crippen MR) is 78.2 cm³/mol. The van der Waals surface area contributed by atoms with Crippen molar-refractivity contribution in [3.8, 4) is 0 Å². The lowest BCUT2D eigenvalue weighted by Gasteiger charge is -2.09. The molecule has 0 aliphatic carbocycles. The van der Waals surface area contributed by atoms with Gasteiger partial charge in [-0.2, -0.15) is 0 Å². The minimum atomic E-state index is -0.129. The molecule has 0 aliphatic rings. The van der Waals surface area contributed by atoms with Gasteiger partial charge in [-0.25, -0.2) is 4.98 Å². The van der Waals surface area contributed by atoms with Gasteiger partial charge >= 0.3 is 0 Å². The normalized spacial score (nSPS) is 10.5. The molecule has 1 heterocycles. The Morgan fingerprint density at radius 2 is 2.15 bits per heavy atom. The van der Waals surface area contributed by atoms with E-state index in [0.717, 1.165) is 10.9 Å². The van der Waals surface area contributed by atoms with E-state index in [1.165, 1.54) is 5.56 Å². The van der Waals surface area contributed by atoms with Crippen LogP contribution < -0.4 is 5.32 Å². The lowest BCUT2D eigenvalue weighted by atomic mass is 10.2. The Bertz CT molecular complexity index is 569. The summed E-state index contributed by atoms with van der Waals surface area (Å²) in [6, 6.07) is 10.1. The van der Waals surface area contributed by atoms with Crippen LogP contribution in [0, 0.1) is 0 Å². The minimum absolute atomic E-state index is 0.112. The Kier molecular flexibility index (Phi) is 5.20. The highest BCUT2D eigenvalue weighted by Gasteiger charge is 2.12. The van der Waals surface area contributed by atoms with E-state index in [0.29, 0.717) is 5.69 Å². The Labute approximate surface area is 122 Å². The smallest absolute Gasteiger partial charge is 0.239 e. The number of likely N-dealkylation sites (N-methyl/N-ethyl adjacent to an activating group) is 1. The summed E-state index contributed by atoms with van der Waals surface area (Å²) >= 11 is 1.55. The lowest BCUT2D eigenvalue weighted by molar-refractivity contribution is -0.121. The van der Waals surface area contributed by atoms with E-state index in [2.05, 4.69) is 10.3 Å². The van der Waals surface area contributed by atoms with Crippen LogP contribution >= 0.6 is 11.8 Å². The Morgan fingerprint density at radius 1 is 1.40 bits per heavy atom. The van der Waals surface area contributed by atoms with Gasteiger partial charge in [0, 0.05) is 12.8 Å². The second-order valence-electron chi connectivity index (χ2n) is 4.22. The maximum absolute atomic E-state index is 11.5. The van der Waals surface area contributed by atoms with Crippen LogP contribution in [-0.2, 0) is 23.7 Å². The highest BCUT2D eigenvalue weighted by molar-refractivity contribution is 7.98. The first-order valence-corrected chi connectivity index (χ1v) is 7.25. The number of hydrogen-bond donors (Lipinski definition) is 2. The molecule has 5 nitrogen and oxygen atoms in total. The van der Waals surface area contributed by atoms with E-state index in [1.54, 1.807) is 29.6 Å². The SMILES string of the molecule is CNC(=O)Cn1c(CO)cnc1SCc1ccccc1. The number of aromatic nitrogens is 2. The van der Waals surface area contributed by atoms with Crippen LogP contribution in [0.25, 0.3) is 0 Å². The topological polar surface area (TPSA) is 67.2 Å². The number of nitrogens with one attached hydrogen (secondary N) is 1. The number of nitrogens with zero attached hydrogens (tertiary/aromatic N) is 2. The van der Waals surface area contributed by atoms with E-state index in [4.69, 9.17) is 0 Å². The van der Waals surface area contributed by atoms with Crippen molar-refractivity contribution in [1.82, 2.24) is 14.9 Å².